The van der Waals surface area contributed by atoms with E-state index in [1.165, 1.54) is 10.1 Å². The molecule has 0 fully saturated rings. The summed E-state index contributed by atoms with van der Waals surface area (Å²) in [4.78, 5) is 31.1. The maximum absolute atomic E-state index is 12.6. The number of alkyl halides is 1. The molecule has 134 valence electrons. The molecule has 1 amide bonds. The van der Waals surface area contributed by atoms with Crippen molar-refractivity contribution in [2.45, 2.75) is 19.9 Å². The van der Waals surface area contributed by atoms with Gasteiger partial charge < -0.3 is 4.90 Å². The van der Waals surface area contributed by atoms with Gasteiger partial charge in [0.25, 0.3) is 5.56 Å². The van der Waals surface area contributed by atoms with Gasteiger partial charge >= 0.3 is 0 Å². The highest BCUT2D eigenvalue weighted by Gasteiger charge is 2.18. The summed E-state index contributed by atoms with van der Waals surface area (Å²) in [7, 11) is 1.67. The average Bonchev–Trinajstić information content (AvgIpc) is 2.69. The second-order valence-electron chi connectivity index (χ2n) is 6.04. The van der Waals surface area contributed by atoms with E-state index in [2.05, 4.69) is 11.9 Å². The van der Waals surface area contributed by atoms with Crippen LogP contribution in [0.3, 0.4) is 0 Å². The molecular formula is C20H20ClN3O2. The summed E-state index contributed by atoms with van der Waals surface area (Å²) in [5.74, 6) is 0.127. The second-order valence-corrected chi connectivity index (χ2v) is 6.31. The minimum atomic E-state index is -0.238. The molecule has 2 aromatic carbocycles. The number of amides is 1. The van der Waals surface area contributed by atoms with E-state index in [9.17, 15) is 9.59 Å². The van der Waals surface area contributed by atoms with E-state index in [0.29, 0.717) is 16.7 Å². The minimum Gasteiger partial charge on any atom is -0.304 e. The second kappa shape index (κ2) is 7.70. The van der Waals surface area contributed by atoms with Crippen molar-refractivity contribution in [1.82, 2.24) is 9.55 Å². The fourth-order valence-electron chi connectivity index (χ4n) is 2.85. The van der Waals surface area contributed by atoms with Crippen LogP contribution in [0.4, 0.5) is 5.69 Å². The highest BCUT2D eigenvalue weighted by molar-refractivity contribution is 6.29. The first-order valence-electron chi connectivity index (χ1n) is 8.45. The van der Waals surface area contributed by atoms with Crippen LogP contribution in [-0.2, 0) is 24.8 Å². The van der Waals surface area contributed by atoms with Crippen molar-refractivity contribution >= 4 is 34.1 Å². The van der Waals surface area contributed by atoms with Crippen LogP contribution in [-0.4, -0.2) is 21.3 Å². The van der Waals surface area contributed by atoms with E-state index in [4.69, 9.17) is 11.6 Å². The zero-order valence-corrected chi connectivity index (χ0v) is 15.5. The number of fused-ring (bicyclic) bond motifs is 1. The molecule has 0 atom stereocenters. The number of para-hydroxylation sites is 1. The molecule has 0 unspecified atom stereocenters. The molecule has 0 bridgehead atoms. The van der Waals surface area contributed by atoms with Gasteiger partial charge in [-0.3, -0.25) is 14.2 Å². The van der Waals surface area contributed by atoms with Crippen molar-refractivity contribution in [2.24, 2.45) is 7.05 Å². The molecule has 5 nitrogen and oxygen atoms in total. The lowest BCUT2D eigenvalue weighted by Gasteiger charge is -2.23. The summed E-state index contributed by atoms with van der Waals surface area (Å²) in [5, 5.41) is 0.557. The number of benzene rings is 2. The van der Waals surface area contributed by atoms with Gasteiger partial charge in [0.1, 0.15) is 11.7 Å². The molecule has 3 rings (SSSR count). The van der Waals surface area contributed by atoms with Gasteiger partial charge in [-0.05, 0) is 36.2 Å². The molecule has 6 heteroatoms. The number of carbonyl (C=O) groups excluding carboxylic acids is 1. The molecule has 26 heavy (non-hydrogen) atoms. The number of rotatable bonds is 5. The summed E-state index contributed by atoms with van der Waals surface area (Å²) in [6, 6.07) is 14.9. The topological polar surface area (TPSA) is 55.2 Å². The average molecular weight is 370 g/mol. The van der Waals surface area contributed by atoms with Gasteiger partial charge in [-0.1, -0.05) is 31.2 Å². The number of aryl methyl sites for hydroxylation is 1. The molecule has 0 N–H and O–H groups in total. The van der Waals surface area contributed by atoms with Crippen molar-refractivity contribution in [1.29, 1.82) is 0 Å². The summed E-state index contributed by atoms with van der Waals surface area (Å²) >= 11 is 5.81. The Morgan fingerprint density at radius 3 is 2.50 bits per heavy atom. The van der Waals surface area contributed by atoms with E-state index in [-0.39, 0.29) is 23.9 Å². The number of aromatic nitrogens is 2. The summed E-state index contributed by atoms with van der Waals surface area (Å²) in [6.45, 7) is 2.25. The predicted molar refractivity (Wildman–Crippen MR) is 105 cm³/mol. The van der Waals surface area contributed by atoms with Crippen LogP contribution in [0.5, 0.6) is 0 Å². The zero-order valence-electron chi connectivity index (χ0n) is 14.8. The molecule has 0 radical (unpaired) electrons. The van der Waals surface area contributed by atoms with Gasteiger partial charge in [-0.2, -0.15) is 0 Å². The Kier molecular flexibility index (Phi) is 5.38. The van der Waals surface area contributed by atoms with Crippen molar-refractivity contribution in [3.63, 3.8) is 0 Å². The number of anilines is 1. The Hall–Kier alpha value is -2.66. The number of halogens is 1. The first-order valence-corrected chi connectivity index (χ1v) is 8.98. The van der Waals surface area contributed by atoms with Crippen molar-refractivity contribution in [3.05, 3.63) is 70.3 Å². The SMILES string of the molecule is CCc1ccc(N(Cc2nc3ccccc3c(=O)n2C)C(=O)CCl)cc1. The molecule has 0 aliphatic rings. The van der Waals surface area contributed by atoms with Gasteiger partial charge in [0.2, 0.25) is 5.91 Å². The quantitative estimate of drug-likeness (QED) is 0.648. The molecule has 0 aliphatic carbocycles. The Bertz CT molecular complexity index is 996. The Balaban J connectivity index is 2.04. The zero-order chi connectivity index (χ0) is 18.7. The van der Waals surface area contributed by atoms with Gasteiger partial charge in [-0.25, -0.2) is 4.98 Å². The van der Waals surface area contributed by atoms with Gasteiger partial charge in [-0.15, -0.1) is 11.6 Å². The van der Waals surface area contributed by atoms with Crippen LogP contribution in [0.25, 0.3) is 10.9 Å². The predicted octanol–water partition coefficient (Wildman–Crippen LogP) is 3.27. The van der Waals surface area contributed by atoms with Crippen molar-refractivity contribution < 1.29 is 4.79 Å². The van der Waals surface area contributed by atoms with Crippen molar-refractivity contribution in [3.8, 4) is 0 Å². The molecular weight excluding hydrogens is 350 g/mol. The van der Waals surface area contributed by atoms with Crippen molar-refractivity contribution in [2.75, 3.05) is 10.8 Å². The molecule has 0 saturated carbocycles. The van der Waals surface area contributed by atoms with Crippen LogP contribution in [0.15, 0.2) is 53.3 Å². The normalized spacial score (nSPS) is 10.9. The lowest BCUT2D eigenvalue weighted by atomic mass is 10.1. The Labute approximate surface area is 156 Å². The van der Waals surface area contributed by atoms with E-state index in [1.807, 2.05) is 36.4 Å². The van der Waals surface area contributed by atoms with Gasteiger partial charge in [0.15, 0.2) is 0 Å². The molecule has 0 saturated heterocycles. The van der Waals surface area contributed by atoms with Gasteiger partial charge in [0, 0.05) is 12.7 Å². The maximum Gasteiger partial charge on any atom is 0.261 e. The highest BCUT2D eigenvalue weighted by Crippen LogP contribution is 2.19. The van der Waals surface area contributed by atoms with Crippen LogP contribution >= 0.6 is 11.6 Å². The monoisotopic (exact) mass is 369 g/mol. The lowest BCUT2D eigenvalue weighted by Crippen LogP contribution is -2.34. The Morgan fingerprint density at radius 2 is 1.85 bits per heavy atom. The first kappa shape index (κ1) is 18.1. The van der Waals surface area contributed by atoms with Crippen LogP contribution in [0.1, 0.15) is 18.3 Å². The number of carbonyl (C=O) groups is 1. The summed E-state index contributed by atoms with van der Waals surface area (Å²) in [5.41, 5.74) is 2.40. The third kappa shape index (κ3) is 3.48. The summed E-state index contributed by atoms with van der Waals surface area (Å²) < 4.78 is 1.48. The van der Waals surface area contributed by atoms with Crippen LogP contribution in [0, 0.1) is 0 Å². The molecule has 0 spiro atoms. The fourth-order valence-corrected chi connectivity index (χ4v) is 3.00. The summed E-state index contributed by atoms with van der Waals surface area (Å²) in [6.07, 6.45) is 0.921. The molecule has 1 heterocycles. The van der Waals surface area contributed by atoms with E-state index < -0.39 is 0 Å². The van der Waals surface area contributed by atoms with Crippen LogP contribution in [0.2, 0.25) is 0 Å². The fraction of sp³-hybridized carbons (Fsp3) is 0.250. The highest BCUT2D eigenvalue weighted by atomic mass is 35.5. The third-order valence-electron chi connectivity index (χ3n) is 4.45. The maximum atomic E-state index is 12.6. The molecule has 3 aromatic rings. The minimum absolute atomic E-state index is 0.134. The van der Waals surface area contributed by atoms with E-state index >= 15 is 0 Å². The number of nitrogens with zero attached hydrogens (tertiary/aromatic N) is 3. The van der Waals surface area contributed by atoms with Gasteiger partial charge in [0.05, 0.1) is 17.4 Å². The van der Waals surface area contributed by atoms with E-state index in [0.717, 1.165) is 12.1 Å². The number of hydrogen-bond acceptors (Lipinski definition) is 3. The standard InChI is InChI=1S/C20H20ClN3O2/c1-3-14-8-10-15(11-9-14)24(19(25)12-21)13-18-22-17-7-5-4-6-16(17)20(26)23(18)2/h4-11H,3,12-13H2,1-2H3. The Morgan fingerprint density at radius 1 is 1.15 bits per heavy atom. The molecule has 1 aromatic heterocycles. The number of hydrogen-bond donors (Lipinski definition) is 0. The van der Waals surface area contributed by atoms with Crippen LogP contribution < -0.4 is 10.5 Å². The van der Waals surface area contributed by atoms with E-state index in [1.54, 1.807) is 24.1 Å². The first-order chi connectivity index (χ1) is 12.5. The molecule has 0 aliphatic heterocycles. The third-order valence-corrected chi connectivity index (χ3v) is 4.68. The smallest absolute Gasteiger partial charge is 0.261 e. The largest absolute Gasteiger partial charge is 0.304 e. The lowest BCUT2D eigenvalue weighted by molar-refractivity contribution is -0.116.